The highest BCUT2D eigenvalue weighted by atomic mass is 19.1. The molecule has 1 aromatic carbocycles. The van der Waals surface area contributed by atoms with Crippen molar-refractivity contribution >= 4 is 11.6 Å². The van der Waals surface area contributed by atoms with E-state index in [1.165, 1.54) is 6.07 Å². The first-order valence-corrected chi connectivity index (χ1v) is 6.02. The summed E-state index contributed by atoms with van der Waals surface area (Å²) in [4.78, 5) is 11.9. The molecule has 2 unspecified atom stereocenters. The van der Waals surface area contributed by atoms with Crippen molar-refractivity contribution in [2.24, 2.45) is 5.73 Å². The highest BCUT2D eigenvalue weighted by Crippen LogP contribution is 2.22. The van der Waals surface area contributed by atoms with E-state index >= 15 is 0 Å². The molecular weight excluding hydrogens is 235 g/mol. The normalized spacial score (nSPS) is 23.1. The minimum absolute atomic E-state index is 0.0666. The minimum Gasteiger partial charge on any atom is -0.364 e. The molecular formula is C13H17FN2O2. The second kappa shape index (κ2) is 5.46. The first-order chi connectivity index (χ1) is 8.60. The number of nitrogens with two attached hydrogens (primary N) is 1. The molecule has 1 aliphatic rings. The molecule has 1 saturated heterocycles. The Morgan fingerprint density at radius 2 is 2.33 bits per heavy atom. The van der Waals surface area contributed by atoms with Crippen LogP contribution in [0.1, 0.15) is 18.4 Å². The number of carbonyl (C=O) groups excluding carboxylic acids is 1. The maximum Gasteiger partial charge on any atom is 0.253 e. The summed E-state index contributed by atoms with van der Waals surface area (Å²) in [5.74, 6) is -0.752. The fourth-order valence-electron chi connectivity index (χ4n) is 2.02. The zero-order chi connectivity index (χ0) is 13.1. The van der Waals surface area contributed by atoms with Gasteiger partial charge in [0.25, 0.3) is 5.91 Å². The lowest BCUT2D eigenvalue weighted by Crippen LogP contribution is -2.30. The molecule has 2 rings (SSSR count). The molecule has 1 fully saturated rings. The van der Waals surface area contributed by atoms with Crippen LogP contribution in [0.25, 0.3) is 0 Å². The van der Waals surface area contributed by atoms with E-state index in [9.17, 15) is 9.18 Å². The van der Waals surface area contributed by atoms with E-state index in [0.29, 0.717) is 13.0 Å². The molecule has 4 nitrogen and oxygen atoms in total. The van der Waals surface area contributed by atoms with Gasteiger partial charge in [-0.3, -0.25) is 4.79 Å². The fourth-order valence-corrected chi connectivity index (χ4v) is 2.02. The van der Waals surface area contributed by atoms with E-state index < -0.39 is 11.9 Å². The molecule has 5 heteroatoms. The molecule has 3 N–H and O–H groups in total. The van der Waals surface area contributed by atoms with Crippen LogP contribution in [-0.2, 0) is 9.53 Å². The van der Waals surface area contributed by atoms with Crippen LogP contribution in [0.5, 0.6) is 0 Å². The second-order valence-electron chi connectivity index (χ2n) is 4.53. The van der Waals surface area contributed by atoms with Crippen LogP contribution in [0.2, 0.25) is 0 Å². The predicted octanol–water partition coefficient (Wildman–Crippen LogP) is 1.58. The molecule has 0 bridgehead atoms. The van der Waals surface area contributed by atoms with Gasteiger partial charge in [-0.15, -0.1) is 0 Å². The molecule has 1 aromatic rings. The summed E-state index contributed by atoms with van der Waals surface area (Å²) in [5, 5.41) is 2.56. The molecule has 0 saturated carbocycles. The first kappa shape index (κ1) is 13.0. The number of amides is 1. The van der Waals surface area contributed by atoms with Crippen molar-refractivity contribution in [3.05, 3.63) is 29.6 Å². The molecule has 0 spiro atoms. The number of ether oxygens (including phenoxy) is 1. The summed E-state index contributed by atoms with van der Waals surface area (Å²) in [5.41, 5.74) is 6.56. The highest BCUT2D eigenvalue weighted by molar-refractivity contribution is 5.94. The number of anilines is 1. The van der Waals surface area contributed by atoms with E-state index in [2.05, 4.69) is 5.32 Å². The quantitative estimate of drug-likeness (QED) is 0.858. The van der Waals surface area contributed by atoms with Crippen molar-refractivity contribution in [3.63, 3.8) is 0 Å². The molecule has 18 heavy (non-hydrogen) atoms. The van der Waals surface area contributed by atoms with Crippen LogP contribution < -0.4 is 11.1 Å². The molecule has 0 aromatic heterocycles. The lowest BCUT2D eigenvalue weighted by molar-refractivity contribution is -0.126. The van der Waals surface area contributed by atoms with Gasteiger partial charge in [0.05, 0.1) is 11.8 Å². The van der Waals surface area contributed by atoms with Gasteiger partial charge in [-0.25, -0.2) is 4.39 Å². The summed E-state index contributed by atoms with van der Waals surface area (Å²) in [6.07, 6.45) is 0.799. The van der Waals surface area contributed by atoms with Crippen molar-refractivity contribution in [2.45, 2.75) is 32.0 Å². The van der Waals surface area contributed by atoms with Crippen molar-refractivity contribution in [2.75, 3.05) is 11.9 Å². The Morgan fingerprint density at radius 1 is 1.56 bits per heavy atom. The zero-order valence-electron chi connectivity index (χ0n) is 10.3. The van der Waals surface area contributed by atoms with E-state index in [4.69, 9.17) is 10.5 Å². The van der Waals surface area contributed by atoms with Crippen molar-refractivity contribution in [1.29, 1.82) is 0 Å². The molecule has 98 valence electrons. The average Bonchev–Trinajstić information content (AvgIpc) is 2.82. The molecule has 1 heterocycles. The standard InChI is InChI=1S/C13H17FN2O2/c1-8-2-4-10(14)11(6-8)16-13(17)12-5-3-9(7-15)18-12/h2,4,6,9,12H,3,5,7,15H2,1H3,(H,16,17). The van der Waals surface area contributed by atoms with Crippen LogP contribution in [0.15, 0.2) is 18.2 Å². The predicted molar refractivity (Wildman–Crippen MR) is 66.7 cm³/mol. The number of carbonyl (C=O) groups is 1. The van der Waals surface area contributed by atoms with Crippen LogP contribution >= 0.6 is 0 Å². The van der Waals surface area contributed by atoms with Crippen molar-refractivity contribution in [3.8, 4) is 0 Å². The van der Waals surface area contributed by atoms with E-state index in [1.54, 1.807) is 12.1 Å². The number of nitrogens with one attached hydrogen (secondary N) is 1. The fraction of sp³-hybridized carbons (Fsp3) is 0.462. The largest absolute Gasteiger partial charge is 0.364 e. The number of benzene rings is 1. The molecule has 2 atom stereocenters. The Bertz CT molecular complexity index is 451. The maximum atomic E-state index is 13.5. The van der Waals surface area contributed by atoms with Gasteiger partial charge in [0.1, 0.15) is 11.9 Å². The van der Waals surface area contributed by atoms with Gasteiger partial charge >= 0.3 is 0 Å². The van der Waals surface area contributed by atoms with Crippen LogP contribution in [0, 0.1) is 12.7 Å². The number of aryl methyl sites for hydroxylation is 1. The lowest BCUT2D eigenvalue weighted by Gasteiger charge is -2.13. The van der Waals surface area contributed by atoms with Gasteiger partial charge in [0.2, 0.25) is 0 Å². The number of hydrogen-bond acceptors (Lipinski definition) is 3. The zero-order valence-corrected chi connectivity index (χ0v) is 10.3. The van der Waals surface area contributed by atoms with Crippen LogP contribution in [-0.4, -0.2) is 24.7 Å². The third-order valence-electron chi connectivity index (χ3n) is 3.04. The van der Waals surface area contributed by atoms with E-state index in [1.807, 2.05) is 6.92 Å². The summed E-state index contributed by atoms with van der Waals surface area (Å²) < 4.78 is 18.9. The van der Waals surface area contributed by atoms with Gasteiger partial charge in [-0.05, 0) is 37.5 Å². The maximum absolute atomic E-state index is 13.5. The lowest BCUT2D eigenvalue weighted by atomic mass is 10.1. The Morgan fingerprint density at radius 3 is 3.00 bits per heavy atom. The third kappa shape index (κ3) is 2.86. The number of rotatable bonds is 3. The van der Waals surface area contributed by atoms with E-state index in [-0.39, 0.29) is 17.7 Å². The summed E-state index contributed by atoms with van der Waals surface area (Å²) in [6.45, 7) is 2.24. The van der Waals surface area contributed by atoms with Gasteiger partial charge in [-0.1, -0.05) is 6.07 Å². The first-order valence-electron chi connectivity index (χ1n) is 6.02. The molecule has 1 aliphatic heterocycles. The SMILES string of the molecule is Cc1ccc(F)c(NC(=O)C2CCC(CN)O2)c1. The molecule has 0 radical (unpaired) electrons. The van der Waals surface area contributed by atoms with Gasteiger partial charge in [0, 0.05) is 6.54 Å². The third-order valence-corrected chi connectivity index (χ3v) is 3.04. The number of hydrogen-bond donors (Lipinski definition) is 2. The Balaban J connectivity index is 2.01. The molecule has 1 amide bonds. The monoisotopic (exact) mass is 252 g/mol. The van der Waals surface area contributed by atoms with Gasteiger partial charge in [0.15, 0.2) is 0 Å². The second-order valence-corrected chi connectivity index (χ2v) is 4.53. The van der Waals surface area contributed by atoms with Crippen molar-refractivity contribution < 1.29 is 13.9 Å². The number of halogens is 1. The summed E-state index contributed by atoms with van der Waals surface area (Å²) in [7, 11) is 0. The Kier molecular flexibility index (Phi) is 3.93. The minimum atomic E-state index is -0.529. The van der Waals surface area contributed by atoms with E-state index in [0.717, 1.165) is 12.0 Å². The Hall–Kier alpha value is -1.46. The summed E-state index contributed by atoms with van der Waals surface area (Å²) >= 11 is 0. The highest BCUT2D eigenvalue weighted by Gasteiger charge is 2.30. The van der Waals surface area contributed by atoms with Crippen molar-refractivity contribution in [1.82, 2.24) is 0 Å². The van der Waals surface area contributed by atoms with Crippen LogP contribution in [0.3, 0.4) is 0 Å². The topological polar surface area (TPSA) is 64.4 Å². The van der Waals surface area contributed by atoms with Crippen LogP contribution in [0.4, 0.5) is 10.1 Å². The average molecular weight is 252 g/mol. The van der Waals surface area contributed by atoms with Gasteiger partial charge < -0.3 is 15.8 Å². The molecule has 0 aliphatic carbocycles. The smallest absolute Gasteiger partial charge is 0.253 e. The van der Waals surface area contributed by atoms with Gasteiger partial charge in [-0.2, -0.15) is 0 Å². The summed E-state index contributed by atoms with van der Waals surface area (Å²) in [6, 6.07) is 4.59. The Labute approximate surface area is 105 Å².